The van der Waals surface area contributed by atoms with E-state index in [4.69, 9.17) is 16.3 Å². The molecule has 2 aliphatic heterocycles. The van der Waals surface area contributed by atoms with Gasteiger partial charge in [0.05, 0.1) is 18.4 Å². The van der Waals surface area contributed by atoms with Gasteiger partial charge < -0.3 is 14.7 Å². The molecule has 4 aliphatic rings. The van der Waals surface area contributed by atoms with Gasteiger partial charge in [-0.25, -0.2) is 4.21 Å². The minimum atomic E-state index is -2.82. The highest BCUT2D eigenvalue weighted by molar-refractivity contribution is 7.99. The third-order valence-corrected chi connectivity index (χ3v) is 10.6. The minimum Gasteiger partial charge on any atom is -0.490 e. The predicted octanol–water partition coefficient (Wildman–Crippen LogP) is 4.52. The number of aryl methyl sites for hydroxylation is 1. The van der Waals surface area contributed by atoms with Crippen LogP contribution in [0, 0.1) is 11.8 Å². The lowest BCUT2D eigenvalue weighted by atomic mass is 9.68. The molecule has 0 saturated heterocycles. The fraction of sp³-hybridized carbons (Fsp3) is 0.467. The van der Waals surface area contributed by atoms with Gasteiger partial charge in [-0.1, -0.05) is 29.8 Å². The zero-order chi connectivity index (χ0) is 26.5. The molecule has 2 aromatic carbocycles. The van der Waals surface area contributed by atoms with E-state index in [-0.39, 0.29) is 17.1 Å². The highest BCUT2D eigenvalue weighted by atomic mass is 35.5. The molecule has 2 heterocycles. The second-order valence-electron chi connectivity index (χ2n) is 11.4. The largest absolute Gasteiger partial charge is 0.490 e. The van der Waals surface area contributed by atoms with Crippen LogP contribution in [0.3, 0.4) is 0 Å². The van der Waals surface area contributed by atoms with E-state index in [0.29, 0.717) is 24.5 Å². The zero-order valence-corrected chi connectivity index (χ0v) is 23.1. The lowest BCUT2D eigenvalue weighted by Gasteiger charge is -2.45. The topological polar surface area (TPSA) is 78.9 Å². The summed E-state index contributed by atoms with van der Waals surface area (Å²) in [5.74, 6) is 4.85. The summed E-state index contributed by atoms with van der Waals surface area (Å²) in [5, 5.41) is 11.7. The molecule has 1 unspecified atom stereocenters. The average Bonchev–Trinajstić information content (AvgIpc) is 3.01. The van der Waals surface area contributed by atoms with E-state index < -0.39 is 21.7 Å². The zero-order valence-electron chi connectivity index (χ0n) is 21.5. The smallest absolute Gasteiger partial charge is 0.262 e. The maximum atomic E-state index is 13.2. The quantitative estimate of drug-likeness (QED) is 0.370. The Bertz CT molecular complexity index is 1390. The summed E-state index contributed by atoms with van der Waals surface area (Å²) in [6.07, 6.45) is 8.72. The van der Waals surface area contributed by atoms with Gasteiger partial charge in [0.1, 0.15) is 5.75 Å². The molecule has 1 saturated carbocycles. The first-order valence-corrected chi connectivity index (χ1v) is 15.8. The van der Waals surface area contributed by atoms with Crippen molar-refractivity contribution in [3.05, 3.63) is 70.3 Å². The van der Waals surface area contributed by atoms with E-state index >= 15 is 0 Å². The van der Waals surface area contributed by atoms with Crippen LogP contribution in [0.1, 0.15) is 53.6 Å². The summed E-state index contributed by atoms with van der Waals surface area (Å²) in [6, 6.07) is 11.7. The number of nitrogens with zero attached hydrogens (tertiary/aromatic N) is 1. The number of aliphatic hydroxyl groups excluding tert-OH is 1. The molecule has 2 aliphatic carbocycles. The molecule has 38 heavy (non-hydrogen) atoms. The number of carbonyl (C=O) groups is 1. The maximum Gasteiger partial charge on any atom is 0.262 e. The van der Waals surface area contributed by atoms with E-state index in [1.54, 1.807) is 6.07 Å². The Morgan fingerprint density at radius 2 is 2.08 bits per heavy atom. The lowest BCUT2D eigenvalue weighted by Crippen LogP contribution is -2.49. The SMILES string of the molecule is C=S1(=O)CC/C=C/[C@@H](O)[C@@H]2CC[C@H]2CN2C[C@@]3(CCCc4cc(Cl)ccc43)COc3ccc(cc32)C(=O)N1. The molecule has 0 aromatic heterocycles. The number of ether oxygens (including phenoxy) is 1. The minimum absolute atomic E-state index is 0.171. The second-order valence-corrected chi connectivity index (χ2v) is 14.1. The number of hydrogen-bond acceptors (Lipinski definition) is 5. The third-order valence-electron chi connectivity index (χ3n) is 8.90. The van der Waals surface area contributed by atoms with Crippen LogP contribution in [-0.4, -0.2) is 52.6 Å². The molecular formula is C30H35ClN2O4S. The molecule has 6 rings (SSSR count). The Hall–Kier alpha value is -2.48. The van der Waals surface area contributed by atoms with Crippen LogP contribution >= 0.6 is 11.6 Å². The Balaban J connectivity index is 1.43. The van der Waals surface area contributed by atoms with Gasteiger partial charge in [0.15, 0.2) is 0 Å². The normalized spacial score (nSPS) is 33.8. The van der Waals surface area contributed by atoms with E-state index in [2.05, 4.69) is 27.6 Å². The summed E-state index contributed by atoms with van der Waals surface area (Å²) >= 11 is 6.37. The van der Waals surface area contributed by atoms with Crippen molar-refractivity contribution in [3.8, 4) is 5.75 Å². The highest BCUT2D eigenvalue weighted by Crippen LogP contribution is 2.46. The summed E-state index contributed by atoms with van der Waals surface area (Å²) < 4.78 is 22.2. The highest BCUT2D eigenvalue weighted by Gasteiger charge is 2.44. The van der Waals surface area contributed by atoms with Crippen molar-refractivity contribution in [3.63, 3.8) is 0 Å². The number of anilines is 1. The summed E-state index contributed by atoms with van der Waals surface area (Å²) in [5.41, 5.74) is 3.68. The molecule has 0 radical (unpaired) electrons. The number of nitrogens with one attached hydrogen (secondary N) is 1. The van der Waals surface area contributed by atoms with Gasteiger partial charge in [0.25, 0.3) is 5.91 Å². The Morgan fingerprint density at radius 1 is 1.21 bits per heavy atom. The number of hydrogen-bond donors (Lipinski definition) is 2. The van der Waals surface area contributed by atoms with Gasteiger partial charge in [-0.15, -0.1) is 0 Å². The van der Waals surface area contributed by atoms with Crippen LogP contribution in [0.4, 0.5) is 5.69 Å². The Morgan fingerprint density at radius 3 is 2.89 bits per heavy atom. The van der Waals surface area contributed by atoms with E-state index in [0.717, 1.165) is 61.7 Å². The second kappa shape index (κ2) is 9.92. The van der Waals surface area contributed by atoms with Gasteiger partial charge in [-0.2, -0.15) is 0 Å². The maximum absolute atomic E-state index is 13.2. The molecule has 1 amide bonds. The van der Waals surface area contributed by atoms with Crippen molar-refractivity contribution in [1.29, 1.82) is 0 Å². The van der Waals surface area contributed by atoms with E-state index in [1.165, 1.54) is 11.1 Å². The van der Waals surface area contributed by atoms with Gasteiger partial charge in [0.2, 0.25) is 0 Å². The third kappa shape index (κ3) is 4.85. The fourth-order valence-electron chi connectivity index (χ4n) is 6.73. The van der Waals surface area contributed by atoms with Crippen molar-refractivity contribution in [2.45, 2.75) is 50.0 Å². The first-order valence-electron chi connectivity index (χ1n) is 13.6. The molecule has 2 N–H and O–H groups in total. The molecular weight excluding hydrogens is 520 g/mol. The number of allylic oxidation sites excluding steroid dienone is 1. The number of halogens is 1. The number of benzene rings is 2. The van der Waals surface area contributed by atoms with Crippen LogP contribution in [0.5, 0.6) is 5.75 Å². The van der Waals surface area contributed by atoms with Gasteiger partial charge in [0, 0.05) is 44.6 Å². The van der Waals surface area contributed by atoms with Crippen molar-refractivity contribution in [2.24, 2.45) is 11.8 Å². The van der Waals surface area contributed by atoms with Gasteiger partial charge >= 0.3 is 0 Å². The van der Waals surface area contributed by atoms with Crippen molar-refractivity contribution in [1.82, 2.24) is 4.72 Å². The van der Waals surface area contributed by atoms with Crippen LogP contribution < -0.4 is 14.4 Å². The fourth-order valence-corrected chi connectivity index (χ4v) is 7.99. The molecule has 8 heteroatoms. The molecule has 2 bridgehead atoms. The van der Waals surface area contributed by atoms with Crippen molar-refractivity contribution < 1.29 is 18.8 Å². The average molecular weight is 555 g/mol. The molecule has 202 valence electrons. The van der Waals surface area contributed by atoms with Crippen LogP contribution in [0.2, 0.25) is 5.02 Å². The molecule has 1 spiro atoms. The summed E-state index contributed by atoms with van der Waals surface area (Å²) in [4.78, 5) is 15.5. The Labute approximate surface area is 230 Å². The predicted molar refractivity (Wildman–Crippen MR) is 154 cm³/mol. The Kier molecular flexibility index (Phi) is 6.73. The van der Waals surface area contributed by atoms with Gasteiger partial charge in [-0.3, -0.25) is 9.52 Å². The van der Waals surface area contributed by atoms with Gasteiger partial charge in [-0.05, 0) is 97.7 Å². The molecule has 6 nitrogen and oxygen atoms in total. The number of rotatable bonds is 0. The van der Waals surface area contributed by atoms with Crippen molar-refractivity contribution >= 4 is 38.8 Å². The van der Waals surface area contributed by atoms with Crippen LogP contribution in [-0.2, 0) is 21.5 Å². The lowest BCUT2D eigenvalue weighted by molar-refractivity contribution is 0.0456. The summed E-state index contributed by atoms with van der Waals surface area (Å²) in [7, 11) is -2.82. The standard InChI is InChI=1S/C30H35ClN2O4S/c1-38(36)14-3-2-6-27(34)24-10-7-22(24)17-33-18-30(13-4-5-20-15-23(31)9-11-25(20)30)19-37-28-12-8-21(16-26(28)33)29(35)32-38/h2,6,8-9,11-12,15-16,22,24,27,34H,1,3-5,7,10,13-14,17-19H2,(H,32,35,36)/b6-2+/t22-,24+,27+,30-,38?/m0/s1. The summed E-state index contributed by atoms with van der Waals surface area (Å²) in [6.45, 7) is 2.07. The molecule has 2 aromatic rings. The number of carbonyl (C=O) groups excluding carboxylic acids is 1. The number of aliphatic hydroxyl groups is 1. The first-order chi connectivity index (χ1) is 18.2. The first kappa shape index (κ1) is 25.8. The van der Waals surface area contributed by atoms with Crippen molar-refractivity contribution in [2.75, 3.05) is 30.3 Å². The van der Waals surface area contributed by atoms with Crippen LogP contribution in [0.15, 0.2) is 48.6 Å². The number of amides is 1. The number of fused-ring (bicyclic) bond motifs is 4. The van der Waals surface area contributed by atoms with E-state index in [1.807, 2.05) is 30.4 Å². The monoisotopic (exact) mass is 554 g/mol. The van der Waals surface area contributed by atoms with Crippen LogP contribution in [0.25, 0.3) is 0 Å². The molecule has 5 atom stereocenters. The molecule has 1 fully saturated rings. The van der Waals surface area contributed by atoms with E-state index in [9.17, 15) is 14.1 Å².